The van der Waals surface area contributed by atoms with Crippen LogP contribution in [0.15, 0.2) is 0 Å². The highest BCUT2D eigenvalue weighted by Gasteiger charge is 2.26. The second-order valence-corrected chi connectivity index (χ2v) is 3.59. The first-order valence-corrected chi connectivity index (χ1v) is 5.21. The van der Waals surface area contributed by atoms with Crippen LogP contribution in [0.1, 0.15) is 32.6 Å². The monoisotopic (exact) mass is 210 g/mol. The van der Waals surface area contributed by atoms with Crippen LogP contribution in [0.5, 0.6) is 0 Å². The fourth-order valence-corrected chi connectivity index (χ4v) is 1.06. The fourth-order valence-electron chi connectivity index (χ4n) is 0.721. The van der Waals surface area contributed by atoms with Crippen molar-refractivity contribution in [3.8, 4) is 11.8 Å². The lowest BCUT2D eigenvalue weighted by Crippen LogP contribution is -1.99. The molecule has 0 spiro atoms. The molecule has 0 unspecified atom stereocenters. The van der Waals surface area contributed by atoms with Crippen LogP contribution >= 0.6 is 11.8 Å². The Labute approximate surface area is 81.3 Å². The molecule has 0 fully saturated rings. The first-order chi connectivity index (χ1) is 6.06. The lowest BCUT2D eigenvalue weighted by atomic mass is 10.2. The predicted octanol–water partition coefficient (Wildman–Crippen LogP) is 3.82. The average Bonchev–Trinajstić information content (AvgIpc) is 2.01. The van der Waals surface area contributed by atoms with Crippen molar-refractivity contribution in [2.45, 2.75) is 38.1 Å². The van der Waals surface area contributed by atoms with E-state index < -0.39 is 5.51 Å². The molecule has 0 nitrogen and oxygen atoms in total. The van der Waals surface area contributed by atoms with Crippen LogP contribution in [0.4, 0.5) is 13.2 Å². The van der Waals surface area contributed by atoms with E-state index in [-0.39, 0.29) is 17.5 Å². The van der Waals surface area contributed by atoms with Gasteiger partial charge in [0.05, 0.1) is 5.75 Å². The van der Waals surface area contributed by atoms with Gasteiger partial charge in [0.2, 0.25) is 0 Å². The topological polar surface area (TPSA) is 0 Å². The maximum absolute atomic E-state index is 11.6. The van der Waals surface area contributed by atoms with Crippen molar-refractivity contribution in [2.75, 3.05) is 5.75 Å². The molecule has 0 amide bonds. The maximum atomic E-state index is 11.6. The Hall–Kier alpha value is -0.300. The summed E-state index contributed by atoms with van der Waals surface area (Å²) in [7, 11) is 0. The highest BCUT2D eigenvalue weighted by atomic mass is 32.2. The van der Waals surface area contributed by atoms with Gasteiger partial charge < -0.3 is 0 Å². The van der Waals surface area contributed by atoms with E-state index >= 15 is 0 Å². The van der Waals surface area contributed by atoms with Gasteiger partial charge in [-0.05, 0) is 18.2 Å². The van der Waals surface area contributed by atoms with Gasteiger partial charge in [0, 0.05) is 6.42 Å². The van der Waals surface area contributed by atoms with Crippen LogP contribution < -0.4 is 0 Å². The van der Waals surface area contributed by atoms with Crippen molar-refractivity contribution in [1.29, 1.82) is 0 Å². The largest absolute Gasteiger partial charge is 0.442 e. The Morgan fingerprint density at radius 1 is 1.15 bits per heavy atom. The van der Waals surface area contributed by atoms with Crippen LogP contribution in [0.3, 0.4) is 0 Å². The molecule has 0 aromatic heterocycles. The molecule has 0 radical (unpaired) electrons. The van der Waals surface area contributed by atoms with Crippen molar-refractivity contribution in [3.63, 3.8) is 0 Å². The molecular weight excluding hydrogens is 197 g/mol. The number of hydrogen-bond acceptors (Lipinski definition) is 1. The van der Waals surface area contributed by atoms with Crippen molar-refractivity contribution in [2.24, 2.45) is 0 Å². The quantitative estimate of drug-likeness (QED) is 0.502. The number of alkyl halides is 3. The van der Waals surface area contributed by atoms with Gasteiger partial charge in [-0.3, -0.25) is 0 Å². The molecule has 0 saturated carbocycles. The number of thioether (sulfide) groups is 1. The van der Waals surface area contributed by atoms with Gasteiger partial charge in [0.15, 0.2) is 0 Å². The van der Waals surface area contributed by atoms with Crippen LogP contribution in [-0.4, -0.2) is 11.3 Å². The van der Waals surface area contributed by atoms with Crippen molar-refractivity contribution >= 4 is 11.8 Å². The van der Waals surface area contributed by atoms with E-state index in [0.717, 1.165) is 19.3 Å². The summed E-state index contributed by atoms with van der Waals surface area (Å²) in [4.78, 5) is 0. The molecule has 0 atom stereocenters. The maximum Gasteiger partial charge on any atom is 0.442 e. The second-order valence-electron chi connectivity index (χ2n) is 2.55. The Morgan fingerprint density at radius 3 is 2.38 bits per heavy atom. The van der Waals surface area contributed by atoms with E-state index in [0.29, 0.717) is 6.42 Å². The molecule has 0 N–H and O–H groups in total. The minimum absolute atomic E-state index is 0.0763. The summed E-state index contributed by atoms with van der Waals surface area (Å²) in [5, 5.41) is 0. The van der Waals surface area contributed by atoms with Gasteiger partial charge in [-0.1, -0.05) is 25.7 Å². The first-order valence-electron chi connectivity index (χ1n) is 4.22. The lowest BCUT2D eigenvalue weighted by molar-refractivity contribution is -0.0325. The van der Waals surface area contributed by atoms with Crippen molar-refractivity contribution in [1.82, 2.24) is 0 Å². The molecular formula is C9H13F3S. The third-order valence-corrected chi connectivity index (χ3v) is 1.95. The van der Waals surface area contributed by atoms with E-state index in [1.807, 2.05) is 0 Å². The molecule has 13 heavy (non-hydrogen) atoms. The first kappa shape index (κ1) is 12.7. The molecule has 0 heterocycles. The molecule has 0 aliphatic rings. The standard InChI is InChI=1S/C9H13F3S/c1-2-3-4-5-6-7-8-13-9(10,11)12/h2-5,8H2,1H3. The van der Waals surface area contributed by atoms with E-state index in [1.54, 1.807) is 0 Å². The molecule has 0 saturated heterocycles. The molecule has 0 rings (SSSR count). The van der Waals surface area contributed by atoms with E-state index in [4.69, 9.17) is 0 Å². The summed E-state index contributed by atoms with van der Waals surface area (Å²) in [6.45, 7) is 2.08. The molecule has 0 aromatic rings. The molecule has 0 aliphatic carbocycles. The van der Waals surface area contributed by atoms with Gasteiger partial charge in [-0.15, -0.1) is 5.92 Å². The molecule has 0 aliphatic heterocycles. The van der Waals surface area contributed by atoms with Gasteiger partial charge >= 0.3 is 5.51 Å². The molecule has 0 bridgehead atoms. The van der Waals surface area contributed by atoms with Crippen molar-refractivity contribution < 1.29 is 13.2 Å². The van der Waals surface area contributed by atoms with E-state index in [9.17, 15) is 13.2 Å². The zero-order chi connectivity index (χ0) is 10.2. The summed E-state index contributed by atoms with van der Waals surface area (Å²) in [5.41, 5.74) is -4.14. The van der Waals surface area contributed by atoms with Crippen LogP contribution in [0.25, 0.3) is 0 Å². The van der Waals surface area contributed by atoms with Gasteiger partial charge in [0.1, 0.15) is 0 Å². The molecule has 0 aromatic carbocycles. The number of unbranched alkanes of at least 4 members (excludes halogenated alkanes) is 3. The third-order valence-electron chi connectivity index (χ3n) is 1.34. The van der Waals surface area contributed by atoms with Crippen LogP contribution in [0, 0.1) is 11.8 Å². The Kier molecular flexibility index (Phi) is 6.97. The summed E-state index contributed by atoms with van der Waals surface area (Å²) in [6.07, 6.45) is 3.91. The average molecular weight is 210 g/mol. The number of hydrogen-bond donors (Lipinski definition) is 0. The minimum Gasteiger partial charge on any atom is -0.160 e. The predicted molar refractivity (Wildman–Crippen MR) is 50.4 cm³/mol. The normalized spacial score (nSPS) is 10.8. The Bertz CT molecular complexity index is 176. The number of rotatable bonds is 4. The Morgan fingerprint density at radius 2 is 1.85 bits per heavy atom. The summed E-state index contributed by atoms with van der Waals surface area (Å²) >= 11 is -0.0763. The highest BCUT2D eigenvalue weighted by molar-refractivity contribution is 8.00. The summed E-state index contributed by atoms with van der Waals surface area (Å²) in [5.74, 6) is 5.07. The van der Waals surface area contributed by atoms with Crippen molar-refractivity contribution in [3.05, 3.63) is 0 Å². The lowest BCUT2D eigenvalue weighted by Gasteiger charge is -1.99. The van der Waals surface area contributed by atoms with E-state index in [2.05, 4.69) is 18.8 Å². The molecule has 4 heteroatoms. The van der Waals surface area contributed by atoms with Gasteiger partial charge in [0.25, 0.3) is 0 Å². The SMILES string of the molecule is CCCCCC#CCSC(F)(F)F. The summed E-state index contributed by atoms with van der Waals surface area (Å²) in [6, 6.07) is 0. The summed E-state index contributed by atoms with van der Waals surface area (Å²) < 4.78 is 34.7. The van der Waals surface area contributed by atoms with Crippen LogP contribution in [0.2, 0.25) is 0 Å². The highest BCUT2D eigenvalue weighted by Crippen LogP contribution is 2.29. The van der Waals surface area contributed by atoms with E-state index in [1.165, 1.54) is 0 Å². The minimum atomic E-state index is -4.14. The third kappa shape index (κ3) is 11.7. The van der Waals surface area contributed by atoms with Crippen LogP contribution in [-0.2, 0) is 0 Å². The smallest absolute Gasteiger partial charge is 0.160 e. The number of halogens is 3. The zero-order valence-electron chi connectivity index (χ0n) is 7.58. The van der Waals surface area contributed by atoms with Gasteiger partial charge in [-0.25, -0.2) is 0 Å². The zero-order valence-corrected chi connectivity index (χ0v) is 8.39. The second kappa shape index (κ2) is 7.14. The fraction of sp³-hybridized carbons (Fsp3) is 0.778. The van der Waals surface area contributed by atoms with Gasteiger partial charge in [-0.2, -0.15) is 13.2 Å². The Balaban J connectivity index is 3.30. The molecule has 76 valence electrons.